The Hall–Kier alpha value is -1.00. The van der Waals surface area contributed by atoms with E-state index in [9.17, 15) is 0 Å². The summed E-state index contributed by atoms with van der Waals surface area (Å²) in [4.78, 5) is 8.77. The maximum Gasteiger partial charge on any atom is 0.401 e. The van der Waals surface area contributed by atoms with Gasteiger partial charge < -0.3 is 14.6 Å². The summed E-state index contributed by atoms with van der Waals surface area (Å²) in [5.74, 6) is 0.611. The smallest absolute Gasteiger partial charge is 0.401 e. The van der Waals surface area contributed by atoms with Crippen LogP contribution in [0, 0.1) is 0 Å². The van der Waals surface area contributed by atoms with Crippen LogP contribution < -0.4 is 0 Å². The molecule has 0 aliphatic rings. The number of aliphatic hydroxyl groups excluding tert-OH is 1. The number of halogens is 1. The Balaban J connectivity index is 0.000000218. The lowest BCUT2D eigenvalue weighted by atomic mass is 10.5. The van der Waals surface area contributed by atoms with Gasteiger partial charge in [-0.05, 0) is 12.1 Å². The fraction of sp³-hybridized carbons (Fsp3) is 0.167. The monoisotopic (exact) mass is 178 g/mol. The summed E-state index contributed by atoms with van der Waals surface area (Å²) in [6, 6.07) is 3.46. The molecule has 5 heteroatoms. The third-order valence-corrected chi connectivity index (χ3v) is 0.736. The molecule has 0 spiro atoms. The standard InChI is InChI=1S/C5H6O2.CHClO2/c6-4-5-2-1-3-7-5;2-1(3)4/h1-3,6H,4H2;(H,3,4). The van der Waals surface area contributed by atoms with E-state index in [0.29, 0.717) is 5.76 Å². The van der Waals surface area contributed by atoms with Gasteiger partial charge >= 0.3 is 5.43 Å². The molecule has 1 rings (SSSR count). The van der Waals surface area contributed by atoms with Gasteiger partial charge in [-0.15, -0.1) is 0 Å². The molecule has 0 amide bonds. The average molecular weight is 179 g/mol. The second-order valence-electron chi connectivity index (χ2n) is 1.49. The van der Waals surface area contributed by atoms with Crippen molar-refractivity contribution in [1.29, 1.82) is 0 Å². The molecule has 0 aliphatic heterocycles. The number of aliphatic hydroxyl groups is 1. The van der Waals surface area contributed by atoms with Crippen LogP contribution in [0.2, 0.25) is 0 Å². The topological polar surface area (TPSA) is 70.7 Å². The molecule has 0 fully saturated rings. The molecule has 0 aromatic carbocycles. The van der Waals surface area contributed by atoms with Crippen molar-refractivity contribution in [3.05, 3.63) is 24.2 Å². The van der Waals surface area contributed by atoms with Crippen molar-refractivity contribution in [2.24, 2.45) is 0 Å². The second kappa shape index (κ2) is 5.76. The minimum Gasteiger partial charge on any atom is -0.469 e. The summed E-state index contributed by atoms with van der Waals surface area (Å²) < 4.78 is 4.73. The highest BCUT2D eigenvalue weighted by molar-refractivity contribution is 6.60. The number of furan rings is 1. The van der Waals surface area contributed by atoms with Gasteiger partial charge in [0.15, 0.2) is 0 Å². The summed E-state index contributed by atoms with van der Waals surface area (Å²) in [5, 5.41) is 15.5. The van der Waals surface area contributed by atoms with Crippen molar-refractivity contribution in [3.8, 4) is 0 Å². The van der Waals surface area contributed by atoms with Gasteiger partial charge in [-0.1, -0.05) is 0 Å². The van der Waals surface area contributed by atoms with E-state index >= 15 is 0 Å². The first-order chi connectivity index (χ1) is 5.16. The van der Waals surface area contributed by atoms with Gasteiger partial charge in [0.1, 0.15) is 12.4 Å². The fourth-order valence-electron chi connectivity index (χ4n) is 0.403. The lowest BCUT2D eigenvalue weighted by Crippen LogP contribution is -1.72. The van der Waals surface area contributed by atoms with Gasteiger partial charge in [0.2, 0.25) is 0 Å². The van der Waals surface area contributed by atoms with Gasteiger partial charge in [-0.3, -0.25) is 0 Å². The Kier molecular flexibility index (Phi) is 5.24. The van der Waals surface area contributed by atoms with Gasteiger partial charge in [-0.2, -0.15) is 0 Å². The van der Waals surface area contributed by atoms with Gasteiger partial charge in [-0.25, -0.2) is 4.79 Å². The second-order valence-corrected chi connectivity index (χ2v) is 1.81. The number of rotatable bonds is 1. The van der Waals surface area contributed by atoms with E-state index in [1.807, 2.05) is 0 Å². The van der Waals surface area contributed by atoms with Gasteiger partial charge in [0.25, 0.3) is 0 Å². The minimum atomic E-state index is -1.36. The van der Waals surface area contributed by atoms with Gasteiger partial charge in [0, 0.05) is 11.6 Å². The predicted octanol–water partition coefficient (Wildman–Crippen LogP) is 1.68. The number of hydrogen-bond donors (Lipinski definition) is 2. The molecule has 0 saturated carbocycles. The minimum absolute atomic E-state index is 0.00694. The van der Waals surface area contributed by atoms with Crippen molar-refractivity contribution >= 4 is 17.0 Å². The molecule has 1 heterocycles. The van der Waals surface area contributed by atoms with E-state index < -0.39 is 5.43 Å². The van der Waals surface area contributed by atoms with Crippen LogP contribution in [0.5, 0.6) is 0 Å². The molecule has 1 aromatic heterocycles. The normalized spacial score (nSPS) is 8.18. The Bertz CT molecular complexity index is 190. The van der Waals surface area contributed by atoms with Crippen LogP contribution in [-0.4, -0.2) is 15.6 Å². The maximum atomic E-state index is 8.77. The Morgan fingerprint density at radius 1 is 1.73 bits per heavy atom. The lowest BCUT2D eigenvalue weighted by molar-refractivity contribution is 0.220. The lowest BCUT2D eigenvalue weighted by Gasteiger charge is -1.79. The zero-order valence-corrected chi connectivity index (χ0v) is 6.28. The van der Waals surface area contributed by atoms with Crippen molar-refractivity contribution in [1.82, 2.24) is 0 Å². The third kappa shape index (κ3) is 6.89. The summed E-state index contributed by atoms with van der Waals surface area (Å²) in [6.07, 6.45) is 1.53. The molecule has 0 unspecified atom stereocenters. The highest BCUT2D eigenvalue weighted by Crippen LogP contribution is 1.96. The Morgan fingerprint density at radius 2 is 2.27 bits per heavy atom. The predicted molar refractivity (Wildman–Crippen MR) is 38.5 cm³/mol. The SMILES string of the molecule is O=C(O)Cl.OCc1ccco1. The molecular weight excluding hydrogens is 172 g/mol. The summed E-state index contributed by atoms with van der Waals surface area (Å²) in [6.45, 7) is -0.00694. The zero-order valence-electron chi connectivity index (χ0n) is 5.53. The quantitative estimate of drug-likeness (QED) is 0.642. The van der Waals surface area contributed by atoms with E-state index in [-0.39, 0.29) is 6.61 Å². The number of carboxylic acid groups (broad SMARTS) is 1. The van der Waals surface area contributed by atoms with Crippen LogP contribution >= 0.6 is 11.6 Å². The largest absolute Gasteiger partial charge is 0.469 e. The van der Waals surface area contributed by atoms with Crippen LogP contribution in [-0.2, 0) is 6.61 Å². The maximum absolute atomic E-state index is 8.77. The zero-order chi connectivity index (χ0) is 8.69. The van der Waals surface area contributed by atoms with E-state index in [1.54, 1.807) is 12.1 Å². The van der Waals surface area contributed by atoms with Crippen LogP contribution in [0.3, 0.4) is 0 Å². The van der Waals surface area contributed by atoms with Crippen LogP contribution in [0.25, 0.3) is 0 Å². The average Bonchev–Trinajstić information content (AvgIpc) is 2.36. The molecule has 0 radical (unpaired) electrons. The molecule has 0 atom stereocenters. The molecular formula is C6H7ClO4. The van der Waals surface area contributed by atoms with E-state index in [1.165, 1.54) is 6.26 Å². The van der Waals surface area contributed by atoms with E-state index in [0.717, 1.165) is 0 Å². The molecule has 4 nitrogen and oxygen atoms in total. The van der Waals surface area contributed by atoms with E-state index in [4.69, 9.17) is 19.4 Å². The van der Waals surface area contributed by atoms with E-state index in [2.05, 4.69) is 11.6 Å². The van der Waals surface area contributed by atoms with Gasteiger partial charge in [0.05, 0.1) is 6.26 Å². The number of hydrogen-bond acceptors (Lipinski definition) is 3. The molecule has 2 N–H and O–H groups in total. The van der Waals surface area contributed by atoms with Crippen LogP contribution in [0.4, 0.5) is 4.79 Å². The first-order valence-electron chi connectivity index (χ1n) is 2.68. The van der Waals surface area contributed by atoms with Crippen molar-refractivity contribution < 1.29 is 19.4 Å². The fourth-order valence-corrected chi connectivity index (χ4v) is 0.403. The Morgan fingerprint density at radius 3 is 2.45 bits per heavy atom. The highest BCUT2D eigenvalue weighted by Gasteiger charge is 1.85. The van der Waals surface area contributed by atoms with Crippen molar-refractivity contribution in [3.63, 3.8) is 0 Å². The first-order valence-corrected chi connectivity index (χ1v) is 3.06. The first kappa shape index (κ1) is 10.0. The van der Waals surface area contributed by atoms with Crippen molar-refractivity contribution in [2.45, 2.75) is 6.61 Å². The molecule has 0 saturated heterocycles. The Labute approximate surface area is 68.0 Å². The molecule has 11 heavy (non-hydrogen) atoms. The highest BCUT2D eigenvalue weighted by atomic mass is 35.5. The number of carbonyl (C=O) groups is 1. The molecule has 0 bridgehead atoms. The van der Waals surface area contributed by atoms with Crippen molar-refractivity contribution in [2.75, 3.05) is 0 Å². The molecule has 62 valence electrons. The molecule has 0 aliphatic carbocycles. The summed E-state index contributed by atoms with van der Waals surface area (Å²) in [5.41, 5.74) is -1.36. The van der Waals surface area contributed by atoms with Crippen LogP contribution in [0.15, 0.2) is 22.8 Å². The summed E-state index contributed by atoms with van der Waals surface area (Å²) in [7, 11) is 0. The third-order valence-electron chi connectivity index (χ3n) is 0.736. The summed E-state index contributed by atoms with van der Waals surface area (Å²) >= 11 is 4.19. The van der Waals surface area contributed by atoms with Crippen LogP contribution in [0.1, 0.15) is 5.76 Å². The molecule has 1 aromatic rings.